The molecule has 0 heterocycles. The average Bonchev–Trinajstić information content (AvgIpc) is 2.78. The van der Waals surface area contributed by atoms with Gasteiger partial charge in [0.1, 0.15) is 12.4 Å². The zero-order valence-electron chi connectivity index (χ0n) is 16.9. The van der Waals surface area contributed by atoms with E-state index < -0.39 is 0 Å². The summed E-state index contributed by atoms with van der Waals surface area (Å²) in [6.07, 6.45) is 1.52. The summed E-state index contributed by atoms with van der Waals surface area (Å²) in [7, 11) is 3.06. The fourth-order valence-electron chi connectivity index (χ4n) is 2.75. The second-order valence-corrected chi connectivity index (χ2v) is 7.72. The van der Waals surface area contributed by atoms with Crippen LogP contribution in [0.2, 0.25) is 5.02 Å². The number of carbonyl (C=O) groups excluding carboxylic acids is 1. The van der Waals surface area contributed by atoms with Crippen LogP contribution in [0.3, 0.4) is 0 Å². The van der Waals surface area contributed by atoms with Crippen LogP contribution < -0.4 is 19.6 Å². The Bertz CT molecular complexity index is 1100. The molecule has 0 aliphatic rings. The summed E-state index contributed by atoms with van der Waals surface area (Å²) in [6, 6.07) is 18.0. The zero-order valence-corrected chi connectivity index (χ0v) is 19.2. The van der Waals surface area contributed by atoms with Crippen molar-refractivity contribution >= 4 is 39.7 Å². The highest BCUT2D eigenvalue weighted by molar-refractivity contribution is 9.10. The molecule has 0 fully saturated rings. The molecular formula is C23H20BrClN2O4. The second-order valence-electron chi connectivity index (χ2n) is 6.37. The number of amides is 1. The van der Waals surface area contributed by atoms with Crippen LogP contribution in [-0.4, -0.2) is 26.3 Å². The van der Waals surface area contributed by atoms with Crippen molar-refractivity contribution in [2.24, 2.45) is 5.10 Å². The third-order valence-electron chi connectivity index (χ3n) is 4.26. The first-order chi connectivity index (χ1) is 15.0. The minimum absolute atomic E-state index is 0.356. The van der Waals surface area contributed by atoms with Crippen molar-refractivity contribution in [3.63, 3.8) is 0 Å². The van der Waals surface area contributed by atoms with Gasteiger partial charge in [0.05, 0.1) is 26.0 Å². The Morgan fingerprint density at radius 1 is 1.03 bits per heavy atom. The lowest BCUT2D eigenvalue weighted by molar-refractivity contribution is 0.0952. The molecule has 1 amide bonds. The quantitative estimate of drug-likeness (QED) is 0.327. The fraction of sp³-hybridized carbons (Fsp3) is 0.130. The number of ether oxygens (including phenoxy) is 3. The van der Waals surface area contributed by atoms with Crippen molar-refractivity contribution in [1.82, 2.24) is 5.43 Å². The maximum absolute atomic E-state index is 12.4. The predicted molar refractivity (Wildman–Crippen MR) is 125 cm³/mol. The maximum atomic E-state index is 12.4. The number of hydrogen-bond donors (Lipinski definition) is 1. The molecule has 0 spiro atoms. The molecular weight excluding hydrogens is 484 g/mol. The van der Waals surface area contributed by atoms with Crippen molar-refractivity contribution in [3.05, 3.63) is 86.8 Å². The molecule has 0 aromatic heterocycles. The molecule has 31 heavy (non-hydrogen) atoms. The van der Waals surface area contributed by atoms with E-state index in [1.807, 2.05) is 30.3 Å². The number of nitrogens with zero attached hydrogens (tertiary/aromatic N) is 1. The van der Waals surface area contributed by atoms with Crippen molar-refractivity contribution in [1.29, 1.82) is 0 Å². The van der Waals surface area contributed by atoms with Gasteiger partial charge in [0.25, 0.3) is 5.91 Å². The number of carbonyl (C=O) groups is 1. The van der Waals surface area contributed by atoms with E-state index in [1.54, 1.807) is 37.4 Å². The Kier molecular flexibility index (Phi) is 7.92. The van der Waals surface area contributed by atoms with E-state index in [0.717, 1.165) is 15.6 Å². The van der Waals surface area contributed by atoms with Crippen LogP contribution >= 0.6 is 27.5 Å². The molecule has 0 atom stereocenters. The summed E-state index contributed by atoms with van der Waals surface area (Å²) in [6.45, 7) is 0.356. The molecule has 160 valence electrons. The Labute approximate surface area is 193 Å². The first kappa shape index (κ1) is 22.7. The average molecular weight is 504 g/mol. The minimum atomic E-state index is -0.386. The lowest BCUT2D eigenvalue weighted by Crippen LogP contribution is -2.18. The van der Waals surface area contributed by atoms with Gasteiger partial charge in [-0.1, -0.05) is 39.7 Å². The van der Waals surface area contributed by atoms with Gasteiger partial charge >= 0.3 is 0 Å². The first-order valence-electron chi connectivity index (χ1n) is 9.22. The van der Waals surface area contributed by atoms with Gasteiger partial charge in [-0.2, -0.15) is 5.10 Å². The molecule has 8 heteroatoms. The normalized spacial score (nSPS) is 10.7. The third-order valence-corrected chi connectivity index (χ3v) is 4.99. The molecule has 0 saturated carbocycles. The molecule has 3 aromatic carbocycles. The zero-order chi connectivity index (χ0) is 22.2. The van der Waals surface area contributed by atoms with Gasteiger partial charge in [-0.3, -0.25) is 4.79 Å². The monoisotopic (exact) mass is 502 g/mol. The highest BCUT2D eigenvalue weighted by atomic mass is 79.9. The number of hydrazone groups is 1. The minimum Gasteiger partial charge on any atom is -0.496 e. The van der Waals surface area contributed by atoms with E-state index in [1.165, 1.54) is 13.3 Å². The van der Waals surface area contributed by atoms with Crippen LogP contribution in [0.5, 0.6) is 17.2 Å². The maximum Gasteiger partial charge on any atom is 0.275 e. The van der Waals surface area contributed by atoms with Crippen LogP contribution in [0.1, 0.15) is 21.5 Å². The molecule has 0 aliphatic heterocycles. The van der Waals surface area contributed by atoms with Crippen LogP contribution in [-0.2, 0) is 6.61 Å². The van der Waals surface area contributed by atoms with E-state index >= 15 is 0 Å². The van der Waals surface area contributed by atoms with E-state index in [-0.39, 0.29) is 5.91 Å². The van der Waals surface area contributed by atoms with Crippen molar-refractivity contribution in [2.45, 2.75) is 6.61 Å². The molecule has 0 unspecified atom stereocenters. The van der Waals surface area contributed by atoms with Crippen molar-refractivity contribution < 1.29 is 19.0 Å². The standard InChI is InChI=1S/C23H20BrClN2O4/c1-29-20-9-7-17(24)12-19(20)23(28)27-26-13-15-6-8-21(22(11-15)30-2)31-14-16-4-3-5-18(25)10-16/h3-13H,14H2,1-2H3,(H,27,28)/b26-13-. The summed E-state index contributed by atoms with van der Waals surface area (Å²) in [5, 5.41) is 4.68. The molecule has 0 saturated heterocycles. The van der Waals surface area contributed by atoms with Crippen molar-refractivity contribution in [2.75, 3.05) is 14.2 Å². The van der Waals surface area contributed by atoms with Gasteiger partial charge in [0.2, 0.25) is 0 Å². The summed E-state index contributed by atoms with van der Waals surface area (Å²) in [5.41, 5.74) is 4.55. The highest BCUT2D eigenvalue weighted by Crippen LogP contribution is 2.28. The summed E-state index contributed by atoms with van der Waals surface area (Å²) >= 11 is 9.35. The van der Waals surface area contributed by atoms with Gasteiger partial charge < -0.3 is 14.2 Å². The molecule has 0 radical (unpaired) electrons. The fourth-order valence-corrected chi connectivity index (χ4v) is 3.33. The Balaban J connectivity index is 1.66. The second kappa shape index (κ2) is 10.8. The van der Waals surface area contributed by atoms with Crippen molar-refractivity contribution in [3.8, 4) is 17.2 Å². The van der Waals surface area contributed by atoms with E-state index in [2.05, 4.69) is 26.5 Å². The summed E-state index contributed by atoms with van der Waals surface area (Å²) in [5.74, 6) is 1.20. The number of methoxy groups -OCH3 is 2. The largest absolute Gasteiger partial charge is 0.496 e. The molecule has 3 aromatic rings. The molecule has 1 N–H and O–H groups in total. The lowest BCUT2D eigenvalue weighted by atomic mass is 10.2. The number of benzene rings is 3. The topological polar surface area (TPSA) is 69.2 Å². The predicted octanol–water partition coefficient (Wildman–Crippen LogP) is 5.46. The smallest absolute Gasteiger partial charge is 0.275 e. The van der Waals surface area contributed by atoms with Gasteiger partial charge in [-0.05, 0) is 59.7 Å². The SMILES string of the molecule is COc1cc(/C=N\NC(=O)c2cc(Br)ccc2OC)ccc1OCc1cccc(Cl)c1. The number of nitrogens with one attached hydrogen (secondary N) is 1. The third kappa shape index (κ3) is 6.23. The van der Waals surface area contributed by atoms with Crippen LogP contribution in [0.25, 0.3) is 0 Å². The number of hydrogen-bond acceptors (Lipinski definition) is 5. The van der Waals surface area contributed by atoms with E-state index in [0.29, 0.717) is 34.4 Å². The Morgan fingerprint density at radius 2 is 1.81 bits per heavy atom. The van der Waals surface area contributed by atoms with Gasteiger partial charge in [0, 0.05) is 9.50 Å². The Hall–Kier alpha value is -3.03. The van der Waals surface area contributed by atoms with Crippen LogP contribution in [0, 0.1) is 0 Å². The first-order valence-corrected chi connectivity index (χ1v) is 10.4. The van der Waals surface area contributed by atoms with Crippen LogP contribution in [0.4, 0.5) is 0 Å². The van der Waals surface area contributed by atoms with Gasteiger partial charge in [0.15, 0.2) is 11.5 Å². The summed E-state index contributed by atoms with van der Waals surface area (Å²) < 4.78 is 17.2. The number of rotatable bonds is 8. The number of halogens is 2. The molecule has 0 aliphatic carbocycles. The van der Waals surface area contributed by atoms with Crippen LogP contribution in [0.15, 0.2) is 70.2 Å². The van der Waals surface area contributed by atoms with E-state index in [9.17, 15) is 4.79 Å². The molecule has 0 bridgehead atoms. The molecule has 3 rings (SSSR count). The molecule has 6 nitrogen and oxygen atoms in total. The van der Waals surface area contributed by atoms with Gasteiger partial charge in [-0.15, -0.1) is 0 Å². The van der Waals surface area contributed by atoms with E-state index in [4.69, 9.17) is 25.8 Å². The lowest BCUT2D eigenvalue weighted by Gasteiger charge is -2.11. The summed E-state index contributed by atoms with van der Waals surface area (Å²) in [4.78, 5) is 12.4. The Morgan fingerprint density at radius 3 is 2.55 bits per heavy atom. The highest BCUT2D eigenvalue weighted by Gasteiger charge is 2.12. The van der Waals surface area contributed by atoms with Gasteiger partial charge in [-0.25, -0.2) is 5.43 Å².